The molecule has 4 rings (SSSR count). The molecular weight excluding hydrogens is 404 g/mol. The molecule has 0 spiro atoms. The van der Waals surface area contributed by atoms with E-state index >= 15 is 0 Å². The molecule has 1 saturated heterocycles. The summed E-state index contributed by atoms with van der Waals surface area (Å²) in [5.41, 5.74) is 3.79. The number of aryl methyl sites for hydroxylation is 1. The number of aromatic nitrogens is 3. The van der Waals surface area contributed by atoms with Gasteiger partial charge >= 0.3 is 6.01 Å². The summed E-state index contributed by atoms with van der Waals surface area (Å²) < 4.78 is 11.3. The molecule has 0 bridgehead atoms. The van der Waals surface area contributed by atoms with E-state index in [4.69, 9.17) is 9.47 Å². The van der Waals surface area contributed by atoms with Gasteiger partial charge in [-0.3, -0.25) is 9.78 Å². The Morgan fingerprint density at radius 3 is 2.69 bits per heavy atom. The standard InChI is InChI=1S/C25H28N4O3/c1-19-5-4-6-20(15-19)16-23(30)17-22-18-24(29-10-13-31-14-11-29)28-25(27-22)32-12-8-21-7-2-3-9-26-21/h2-7,9,15,18H,8,10-14,16-17H2,1H3. The van der Waals surface area contributed by atoms with Crippen molar-refractivity contribution in [1.29, 1.82) is 0 Å². The average Bonchev–Trinajstić information content (AvgIpc) is 2.80. The number of anilines is 1. The number of ketones is 1. The van der Waals surface area contributed by atoms with Crippen molar-refractivity contribution in [3.05, 3.63) is 77.2 Å². The van der Waals surface area contributed by atoms with Gasteiger partial charge in [-0.05, 0) is 24.6 Å². The first-order valence-electron chi connectivity index (χ1n) is 11.0. The van der Waals surface area contributed by atoms with Crippen LogP contribution in [0.2, 0.25) is 0 Å². The van der Waals surface area contributed by atoms with Gasteiger partial charge in [-0.15, -0.1) is 0 Å². The summed E-state index contributed by atoms with van der Waals surface area (Å²) in [4.78, 5) is 28.3. The number of pyridine rings is 1. The van der Waals surface area contributed by atoms with Crippen LogP contribution < -0.4 is 9.64 Å². The summed E-state index contributed by atoms with van der Waals surface area (Å²) in [6, 6.07) is 16.0. The molecule has 0 atom stereocenters. The van der Waals surface area contributed by atoms with Crippen molar-refractivity contribution in [2.24, 2.45) is 0 Å². The Bertz CT molecular complexity index is 1040. The molecule has 7 nitrogen and oxygen atoms in total. The summed E-state index contributed by atoms with van der Waals surface area (Å²) in [5.74, 6) is 0.885. The lowest BCUT2D eigenvalue weighted by Crippen LogP contribution is -2.37. The topological polar surface area (TPSA) is 77.4 Å². The van der Waals surface area contributed by atoms with Crippen LogP contribution >= 0.6 is 0 Å². The molecule has 0 N–H and O–H groups in total. The summed E-state index contributed by atoms with van der Waals surface area (Å²) in [5, 5.41) is 0. The van der Waals surface area contributed by atoms with Gasteiger partial charge in [0.2, 0.25) is 0 Å². The van der Waals surface area contributed by atoms with Gasteiger partial charge in [-0.1, -0.05) is 35.9 Å². The van der Waals surface area contributed by atoms with Gasteiger partial charge in [-0.2, -0.15) is 9.97 Å². The molecule has 2 aromatic heterocycles. The molecule has 0 amide bonds. The average molecular weight is 433 g/mol. The second-order valence-electron chi connectivity index (χ2n) is 7.90. The van der Waals surface area contributed by atoms with Gasteiger partial charge in [0.05, 0.1) is 25.5 Å². The van der Waals surface area contributed by atoms with Crippen LogP contribution in [0.5, 0.6) is 6.01 Å². The predicted molar refractivity (Wildman–Crippen MR) is 122 cm³/mol. The van der Waals surface area contributed by atoms with E-state index in [0.29, 0.717) is 44.4 Å². The third-order valence-corrected chi connectivity index (χ3v) is 5.26. The number of hydrogen-bond donors (Lipinski definition) is 0. The van der Waals surface area contributed by atoms with Crippen molar-refractivity contribution in [1.82, 2.24) is 15.0 Å². The van der Waals surface area contributed by atoms with Gasteiger partial charge in [0.25, 0.3) is 0 Å². The number of benzene rings is 1. The van der Waals surface area contributed by atoms with E-state index in [-0.39, 0.29) is 12.2 Å². The van der Waals surface area contributed by atoms with Crippen LogP contribution in [0.25, 0.3) is 0 Å². The molecule has 166 valence electrons. The summed E-state index contributed by atoms with van der Waals surface area (Å²) in [6.45, 7) is 5.26. The molecule has 0 unspecified atom stereocenters. The highest BCUT2D eigenvalue weighted by atomic mass is 16.5. The minimum Gasteiger partial charge on any atom is -0.463 e. The molecule has 1 aromatic carbocycles. The quantitative estimate of drug-likeness (QED) is 0.514. The van der Waals surface area contributed by atoms with Crippen LogP contribution in [0, 0.1) is 6.92 Å². The molecule has 0 aliphatic carbocycles. The minimum atomic E-state index is 0.113. The molecule has 1 fully saturated rings. The molecule has 1 aliphatic heterocycles. The first kappa shape index (κ1) is 21.9. The number of ether oxygens (including phenoxy) is 2. The SMILES string of the molecule is Cc1cccc(CC(=O)Cc2cc(N3CCOCC3)nc(OCCc3ccccn3)n2)c1. The van der Waals surface area contributed by atoms with Crippen LogP contribution in [-0.2, 0) is 28.8 Å². The van der Waals surface area contributed by atoms with E-state index in [2.05, 4.69) is 19.9 Å². The maximum atomic E-state index is 12.7. The van der Waals surface area contributed by atoms with Crippen LogP contribution in [0.1, 0.15) is 22.5 Å². The molecule has 3 aromatic rings. The third-order valence-electron chi connectivity index (χ3n) is 5.26. The molecule has 0 saturated carbocycles. The van der Waals surface area contributed by atoms with Crippen molar-refractivity contribution >= 4 is 11.6 Å². The largest absolute Gasteiger partial charge is 0.463 e. The van der Waals surface area contributed by atoms with E-state index in [0.717, 1.165) is 35.7 Å². The second kappa shape index (κ2) is 10.8. The summed E-state index contributed by atoms with van der Waals surface area (Å²) in [7, 11) is 0. The zero-order valence-corrected chi connectivity index (χ0v) is 18.4. The number of carbonyl (C=O) groups is 1. The zero-order valence-electron chi connectivity index (χ0n) is 18.4. The Hall–Kier alpha value is -3.32. The Labute approximate surface area is 188 Å². The van der Waals surface area contributed by atoms with Crippen molar-refractivity contribution in [3.8, 4) is 6.01 Å². The Balaban J connectivity index is 1.46. The number of morpholine rings is 1. The highest BCUT2D eigenvalue weighted by Crippen LogP contribution is 2.19. The van der Waals surface area contributed by atoms with Crippen molar-refractivity contribution < 1.29 is 14.3 Å². The highest BCUT2D eigenvalue weighted by molar-refractivity contribution is 5.83. The molecule has 1 aliphatic rings. The second-order valence-corrected chi connectivity index (χ2v) is 7.90. The Morgan fingerprint density at radius 1 is 1.03 bits per heavy atom. The van der Waals surface area contributed by atoms with E-state index in [1.54, 1.807) is 6.20 Å². The number of Topliss-reactive ketones (excluding diaryl/α,β-unsaturated/α-hetero) is 1. The number of nitrogens with zero attached hydrogens (tertiary/aromatic N) is 4. The van der Waals surface area contributed by atoms with Crippen molar-refractivity contribution in [2.45, 2.75) is 26.2 Å². The minimum absolute atomic E-state index is 0.113. The number of carbonyl (C=O) groups excluding carboxylic acids is 1. The maximum absolute atomic E-state index is 12.7. The molecular formula is C25H28N4O3. The lowest BCUT2D eigenvalue weighted by Gasteiger charge is -2.28. The lowest BCUT2D eigenvalue weighted by molar-refractivity contribution is -0.117. The van der Waals surface area contributed by atoms with E-state index in [9.17, 15) is 4.79 Å². The molecule has 0 radical (unpaired) electrons. The van der Waals surface area contributed by atoms with Gasteiger partial charge in [0.15, 0.2) is 0 Å². The smallest absolute Gasteiger partial charge is 0.318 e. The van der Waals surface area contributed by atoms with E-state index < -0.39 is 0 Å². The van der Waals surface area contributed by atoms with Crippen molar-refractivity contribution in [3.63, 3.8) is 0 Å². The van der Waals surface area contributed by atoms with E-state index in [1.165, 1.54) is 0 Å². The number of rotatable bonds is 9. The van der Waals surface area contributed by atoms with Crippen LogP contribution in [0.4, 0.5) is 5.82 Å². The van der Waals surface area contributed by atoms with Gasteiger partial charge in [0, 0.05) is 50.3 Å². The third kappa shape index (κ3) is 6.34. The Morgan fingerprint density at radius 2 is 1.91 bits per heavy atom. The molecule has 32 heavy (non-hydrogen) atoms. The fraction of sp³-hybridized carbons (Fsp3) is 0.360. The predicted octanol–water partition coefficient (Wildman–Crippen LogP) is 2.99. The first-order valence-corrected chi connectivity index (χ1v) is 11.0. The van der Waals surface area contributed by atoms with Crippen LogP contribution in [0.15, 0.2) is 54.7 Å². The fourth-order valence-electron chi connectivity index (χ4n) is 3.68. The highest BCUT2D eigenvalue weighted by Gasteiger charge is 2.17. The Kier molecular flexibility index (Phi) is 7.40. The maximum Gasteiger partial charge on any atom is 0.318 e. The summed E-state index contributed by atoms with van der Waals surface area (Å²) >= 11 is 0. The monoisotopic (exact) mass is 432 g/mol. The first-order chi connectivity index (χ1) is 15.7. The van der Waals surface area contributed by atoms with Crippen molar-refractivity contribution in [2.75, 3.05) is 37.8 Å². The van der Waals surface area contributed by atoms with Gasteiger partial charge in [0.1, 0.15) is 11.6 Å². The van der Waals surface area contributed by atoms with Gasteiger partial charge in [-0.25, -0.2) is 0 Å². The van der Waals surface area contributed by atoms with Crippen LogP contribution in [0.3, 0.4) is 0 Å². The van der Waals surface area contributed by atoms with E-state index in [1.807, 2.05) is 55.5 Å². The fourth-order valence-corrected chi connectivity index (χ4v) is 3.68. The summed E-state index contributed by atoms with van der Waals surface area (Å²) in [6.07, 6.45) is 3.05. The number of hydrogen-bond acceptors (Lipinski definition) is 7. The molecule has 3 heterocycles. The normalized spacial score (nSPS) is 13.7. The van der Waals surface area contributed by atoms with Gasteiger partial charge < -0.3 is 14.4 Å². The molecule has 7 heteroatoms. The lowest BCUT2D eigenvalue weighted by atomic mass is 10.0. The zero-order chi connectivity index (χ0) is 22.2. The van der Waals surface area contributed by atoms with Crippen LogP contribution in [-0.4, -0.2) is 53.6 Å².